The second-order valence-corrected chi connectivity index (χ2v) is 5.16. The van der Waals surface area contributed by atoms with Gasteiger partial charge in [-0.25, -0.2) is 0 Å². The number of hydrogen-bond donors (Lipinski definition) is 2. The zero-order chi connectivity index (χ0) is 14.7. The van der Waals surface area contributed by atoms with E-state index < -0.39 is 12.0 Å². The van der Waals surface area contributed by atoms with E-state index in [1.54, 1.807) is 22.7 Å². The molecule has 0 spiro atoms. The summed E-state index contributed by atoms with van der Waals surface area (Å²) in [4.78, 5) is 24.9. The third kappa shape index (κ3) is 3.36. The molecule has 2 N–H and O–H groups in total. The number of aliphatic carboxylic acids is 1. The number of aryl methyl sites for hydroxylation is 2. The van der Waals surface area contributed by atoms with E-state index in [9.17, 15) is 14.7 Å². The minimum Gasteiger partial charge on any atom is -0.480 e. The second-order valence-electron chi connectivity index (χ2n) is 5.16. The Balaban J connectivity index is 1.96. The van der Waals surface area contributed by atoms with Crippen LogP contribution in [0.3, 0.4) is 0 Å². The fourth-order valence-electron chi connectivity index (χ4n) is 2.55. The number of carbonyl (C=O) groups excluding carboxylic acids is 1. The van der Waals surface area contributed by atoms with Crippen molar-refractivity contribution in [3.63, 3.8) is 0 Å². The van der Waals surface area contributed by atoms with Gasteiger partial charge in [0, 0.05) is 13.1 Å². The first-order chi connectivity index (χ1) is 9.47. The van der Waals surface area contributed by atoms with Crippen molar-refractivity contribution in [3.05, 3.63) is 11.8 Å². The van der Waals surface area contributed by atoms with Gasteiger partial charge in [-0.15, -0.1) is 0 Å². The molecule has 0 bridgehead atoms. The van der Waals surface area contributed by atoms with Crippen LogP contribution in [0.25, 0.3) is 0 Å². The first kappa shape index (κ1) is 14.5. The van der Waals surface area contributed by atoms with Crippen LogP contribution in [0.5, 0.6) is 0 Å². The molecular weight excluding hydrogens is 260 g/mol. The van der Waals surface area contributed by atoms with Gasteiger partial charge in [0.2, 0.25) is 5.91 Å². The van der Waals surface area contributed by atoms with Gasteiger partial charge in [0.15, 0.2) is 0 Å². The van der Waals surface area contributed by atoms with Gasteiger partial charge < -0.3 is 10.4 Å². The number of nitrogens with one attached hydrogen (secondary N) is 1. The Bertz CT molecular complexity index is 512. The van der Waals surface area contributed by atoms with Crippen molar-refractivity contribution in [2.75, 3.05) is 18.4 Å². The van der Waals surface area contributed by atoms with E-state index in [0.717, 1.165) is 18.5 Å². The zero-order valence-electron chi connectivity index (χ0n) is 11.8. The Kier molecular flexibility index (Phi) is 4.39. The van der Waals surface area contributed by atoms with E-state index in [1.165, 1.54) is 0 Å². The van der Waals surface area contributed by atoms with E-state index in [1.807, 2.05) is 6.92 Å². The summed E-state index contributed by atoms with van der Waals surface area (Å²) in [5.41, 5.74) is 0.823. The molecule has 1 atom stereocenters. The molecule has 2 heterocycles. The summed E-state index contributed by atoms with van der Waals surface area (Å²) < 4.78 is 1.60. The highest BCUT2D eigenvalue weighted by atomic mass is 16.4. The lowest BCUT2D eigenvalue weighted by molar-refractivity contribution is -0.145. The SMILES string of the molecule is Cc1cc(NC(=O)CN2CCCCC2C(=O)O)n(C)n1. The molecule has 0 saturated carbocycles. The van der Waals surface area contributed by atoms with Gasteiger partial charge >= 0.3 is 5.97 Å². The lowest BCUT2D eigenvalue weighted by Crippen LogP contribution is -2.47. The number of aromatic nitrogens is 2. The smallest absolute Gasteiger partial charge is 0.320 e. The van der Waals surface area contributed by atoms with Crippen LogP contribution in [0.2, 0.25) is 0 Å². The van der Waals surface area contributed by atoms with E-state index >= 15 is 0 Å². The maximum Gasteiger partial charge on any atom is 0.320 e. The second kappa shape index (κ2) is 6.04. The van der Waals surface area contributed by atoms with Crippen molar-refractivity contribution >= 4 is 17.7 Å². The number of hydrogen-bond acceptors (Lipinski definition) is 4. The molecule has 1 aliphatic heterocycles. The zero-order valence-corrected chi connectivity index (χ0v) is 11.8. The predicted octanol–water partition coefficient (Wildman–Crippen LogP) is 0.606. The molecule has 1 aliphatic rings. The molecule has 20 heavy (non-hydrogen) atoms. The topological polar surface area (TPSA) is 87.5 Å². The van der Waals surface area contributed by atoms with Crippen LogP contribution < -0.4 is 5.32 Å². The van der Waals surface area contributed by atoms with Gasteiger partial charge in [0.1, 0.15) is 11.9 Å². The number of likely N-dealkylation sites (tertiary alicyclic amines) is 1. The van der Waals surface area contributed by atoms with Crippen molar-refractivity contribution in [1.82, 2.24) is 14.7 Å². The van der Waals surface area contributed by atoms with Crippen LogP contribution in [0, 0.1) is 6.92 Å². The molecule has 1 aromatic heterocycles. The number of amides is 1. The van der Waals surface area contributed by atoms with E-state index in [0.29, 0.717) is 18.8 Å². The summed E-state index contributed by atoms with van der Waals surface area (Å²) in [5.74, 6) is -0.439. The highest BCUT2D eigenvalue weighted by Crippen LogP contribution is 2.17. The fraction of sp³-hybridized carbons (Fsp3) is 0.615. The van der Waals surface area contributed by atoms with Crippen LogP contribution in [-0.2, 0) is 16.6 Å². The number of carboxylic acid groups (broad SMARTS) is 1. The van der Waals surface area contributed by atoms with Crippen molar-refractivity contribution in [3.8, 4) is 0 Å². The molecule has 7 nitrogen and oxygen atoms in total. The quantitative estimate of drug-likeness (QED) is 0.843. The van der Waals surface area contributed by atoms with Crippen molar-refractivity contribution < 1.29 is 14.7 Å². The fourth-order valence-corrected chi connectivity index (χ4v) is 2.55. The maximum atomic E-state index is 12.0. The summed E-state index contributed by atoms with van der Waals surface area (Å²) >= 11 is 0. The van der Waals surface area contributed by atoms with Crippen molar-refractivity contribution in [2.24, 2.45) is 7.05 Å². The van der Waals surface area contributed by atoms with Gasteiger partial charge in [-0.05, 0) is 26.3 Å². The Hall–Kier alpha value is -1.89. The average molecular weight is 280 g/mol. The van der Waals surface area contributed by atoms with Gasteiger partial charge in [-0.2, -0.15) is 5.10 Å². The third-order valence-corrected chi connectivity index (χ3v) is 3.51. The maximum absolute atomic E-state index is 12.0. The lowest BCUT2D eigenvalue weighted by Gasteiger charge is -2.32. The number of carbonyl (C=O) groups is 2. The Labute approximate surface area is 117 Å². The van der Waals surface area contributed by atoms with E-state index in [-0.39, 0.29) is 12.5 Å². The number of carboxylic acids is 1. The summed E-state index contributed by atoms with van der Waals surface area (Å²) in [7, 11) is 1.75. The molecular formula is C13H20N4O3. The molecule has 7 heteroatoms. The first-order valence-corrected chi connectivity index (χ1v) is 6.74. The molecule has 1 saturated heterocycles. The van der Waals surface area contributed by atoms with Crippen LogP contribution in [0.1, 0.15) is 25.0 Å². The van der Waals surface area contributed by atoms with E-state index in [2.05, 4.69) is 10.4 Å². The van der Waals surface area contributed by atoms with E-state index in [4.69, 9.17) is 0 Å². The Morgan fingerprint density at radius 3 is 2.85 bits per heavy atom. The molecule has 0 radical (unpaired) electrons. The Morgan fingerprint density at radius 1 is 1.50 bits per heavy atom. The number of anilines is 1. The molecule has 2 rings (SSSR count). The van der Waals surface area contributed by atoms with Crippen LogP contribution in [0.4, 0.5) is 5.82 Å². The first-order valence-electron chi connectivity index (χ1n) is 6.74. The molecule has 1 unspecified atom stereocenters. The van der Waals surface area contributed by atoms with Crippen LogP contribution >= 0.6 is 0 Å². The summed E-state index contributed by atoms with van der Waals surface area (Å²) in [6.07, 6.45) is 2.44. The Morgan fingerprint density at radius 2 is 2.25 bits per heavy atom. The average Bonchev–Trinajstić information content (AvgIpc) is 2.68. The minimum absolute atomic E-state index is 0.0984. The summed E-state index contributed by atoms with van der Waals surface area (Å²) in [6.45, 7) is 2.59. The van der Waals surface area contributed by atoms with Crippen molar-refractivity contribution in [2.45, 2.75) is 32.2 Å². The van der Waals surface area contributed by atoms with Crippen LogP contribution in [0.15, 0.2) is 6.07 Å². The summed E-state index contributed by atoms with van der Waals surface area (Å²) in [5, 5.41) is 16.1. The van der Waals surface area contributed by atoms with Crippen LogP contribution in [-0.4, -0.2) is 50.8 Å². The monoisotopic (exact) mass is 280 g/mol. The molecule has 0 aliphatic carbocycles. The molecule has 1 fully saturated rings. The molecule has 1 aromatic rings. The number of rotatable bonds is 4. The predicted molar refractivity (Wildman–Crippen MR) is 73.4 cm³/mol. The largest absolute Gasteiger partial charge is 0.480 e. The van der Waals surface area contributed by atoms with Crippen molar-refractivity contribution in [1.29, 1.82) is 0 Å². The van der Waals surface area contributed by atoms with Gasteiger partial charge in [0.25, 0.3) is 0 Å². The molecule has 0 aromatic carbocycles. The number of piperidine rings is 1. The van der Waals surface area contributed by atoms with Gasteiger partial charge in [0.05, 0.1) is 12.2 Å². The minimum atomic E-state index is -0.853. The standard InChI is InChI=1S/C13H20N4O3/c1-9-7-11(16(2)15-9)14-12(18)8-17-6-4-3-5-10(17)13(19)20/h7,10H,3-6,8H2,1-2H3,(H,14,18)(H,19,20). The highest BCUT2D eigenvalue weighted by molar-refractivity contribution is 5.92. The summed E-state index contributed by atoms with van der Waals surface area (Å²) in [6, 6.07) is 1.23. The third-order valence-electron chi connectivity index (χ3n) is 3.51. The normalized spacial score (nSPS) is 19.8. The van der Waals surface area contributed by atoms with Gasteiger partial charge in [-0.1, -0.05) is 6.42 Å². The molecule has 1 amide bonds. The highest BCUT2D eigenvalue weighted by Gasteiger charge is 2.29. The lowest BCUT2D eigenvalue weighted by atomic mass is 10.0. The van der Waals surface area contributed by atoms with Gasteiger partial charge in [-0.3, -0.25) is 19.2 Å². The number of nitrogens with zero attached hydrogens (tertiary/aromatic N) is 3. The molecule has 110 valence electrons.